The molecule has 3 aromatic carbocycles. The van der Waals surface area contributed by atoms with Crippen molar-refractivity contribution in [3.63, 3.8) is 0 Å². The third kappa shape index (κ3) is 5.04. The van der Waals surface area contributed by atoms with E-state index in [1.54, 1.807) is 36.3 Å². The van der Waals surface area contributed by atoms with E-state index in [-0.39, 0.29) is 18.4 Å². The molecule has 0 aliphatic carbocycles. The van der Waals surface area contributed by atoms with Crippen LogP contribution in [0, 0.1) is 0 Å². The number of nitrogens with zero attached hydrogens (tertiary/aromatic N) is 1. The van der Waals surface area contributed by atoms with Crippen LogP contribution < -0.4 is 14.8 Å². The highest BCUT2D eigenvalue weighted by atomic mass is 16.5. The Bertz CT molecular complexity index is 1060. The van der Waals surface area contributed by atoms with Crippen molar-refractivity contribution in [3.05, 3.63) is 89.5 Å². The number of rotatable bonds is 6. The van der Waals surface area contributed by atoms with E-state index in [0.717, 1.165) is 23.3 Å². The lowest BCUT2D eigenvalue weighted by Crippen LogP contribution is -2.34. The van der Waals surface area contributed by atoms with Crippen molar-refractivity contribution in [2.45, 2.75) is 13.0 Å². The van der Waals surface area contributed by atoms with Crippen molar-refractivity contribution in [1.82, 2.24) is 4.90 Å². The average Bonchev–Trinajstić information content (AvgIpc) is 2.97. The molecule has 31 heavy (non-hydrogen) atoms. The van der Waals surface area contributed by atoms with Crippen LogP contribution >= 0.6 is 0 Å². The lowest BCUT2D eigenvalue weighted by atomic mass is 10.1. The number of fused-ring (bicyclic) bond motifs is 1. The van der Waals surface area contributed by atoms with Gasteiger partial charge in [-0.2, -0.15) is 0 Å². The number of methoxy groups -OCH3 is 1. The Labute approximate surface area is 181 Å². The number of carbonyl (C=O) groups excluding carboxylic acids is 2. The summed E-state index contributed by atoms with van der Waals surface area (Å²) in [7, 11) is 1.64. The van der Waals surface area contributed by atoms with E-state index in [9.17, 15) is 9.59 Å². The molecule has 1 aliphatic heterocycles. The van der Waals surface area contributed by atoms with Gasteiger partial charge >= 0.3 is 0 Å². The molecule has 0 saturated heterocycles. The van der Waals surface area contributed by atoms with Crippen LogP contribution in [-0.4, -0.2) is 37.0 Å². The third-order valence-corrected chi connectivity index (χ3v) is 5.25. The molecule has 6 nitrogen and oxygen atoms in total. The number of carbonyl (C=O) groups is 2. The molecular weight excluding hydrogens is 392 g/mol. The Kier molecular flexibility index (Phi) is 6.17. The van der Waals surface area contributed by atoms with Gasteiger partial charge in [-0.1, -0.05) is 30.3 Å². The first-order valence-corrected chi connectivity index (χ1v) is 10.2. The van der Waals surface area contributed by atoms with Gasteiger partial charge in [0.05, 0.1) is 7.11 Å². The topological polar surface area (TPSA) is 67.9 Å². The first-order valence-electron chi connectivity index (χ1n) is 10.2. The minimum Gasteiger partial charge on any atom is -0.497 e. The summed E-state index contributed by atoms with van der Waals surface area (Å²) in [6.07, 6.45) is 0.732. The van der Waals surface area contributed by atoms with E-state index >= 15 is 0 Å². The van der Waals surface area contributed by atoms with Crippen LogP contribution in [0.15, 0.2) is 72.8 Å². The fourth-order valence-electron chi connectivity index (χ4n) is 3.50. The number of ether oxygens (including phenoxy) is 2. The number of anilines is 1. The molecule has 0 saturated carbocycles. The van der Waals surface area contributed by atoms with Crippen molar-refractivity contribution < 1.29 is 19.1 Å². The summed E-state index contributed by atoms with van der Waals surface area (Å²) in [5.74, 6) is 1.24. The van der Waals surface area contributed by atoms with E-state index in [0.29, 0.717) is 30.1 Å². The van der Waals surface area contributed by atoms with Crippen LogP contribution in [0.1, 0.15) is 21.5 Å². The molecule has 3 aromatic rings. The fourth-order valence-corrected chi connectivity index (χ4v) is 3.50. The standard InChI is InChI=1S/C25H24N2O4/c1-30-22-10-7-18(8-11-22)13-14-27-16-20-15-21(9-12-23(20)31-17-24(27)28)26-25(29)19-5-3-2-4-6-19/h2-12,15H,13-14,16-17H2,1H3,(H,26,29). The predicted molar refractivity (Wildman–Crippen MR) is 118 cm³/mol. The molecule has 1 N–H and O–H groups in total. The maximum absolute atomic E-state index is 12.6. The van der Waals surface area contributed by atoms with Crippen LogP contribution in [0.25, 0.3) is 0 Å². The summed E-state index contributed by atoms with van der Waals surface area (Å²) in [5.41, 5.74) is 3.25. The van der Waals surface area contributed by atoms with E-state index in [2.05, 4.69) is 5.32 Å². The number of hydrogen-bond donors (Lipinski definition) is 1. The van der Waals surface area contributed by atoms with Crippen molar-refractivity contribution in [1.29, 1.82) is 0 Å². The highest BCUT2D eigenvalue weighted by Gasteiger charge is 2.22. The smallest absolute Gasteiger partial charge is 0.260 e. The summed E-state index contributed by atoms with van der Waals surface area (Å²) in [5, 5.41) is 2.91. The Hall–Kier alpha value is -3.80. The summed E-state index contributed by atoms with van der Waals surface area (Å²) in [4.78, 5) is 26.8. The summed E-state index contributed by atoms with van der Waals surface area (Å²) >= 11 is 0. The van der Waals surface area contributed by atoms with Gasteiger partial charge in [0, 0.05) is 29.9 Å². The minimum absolute atomic E-state index is 0.00529. The minimum atomic E-state index is -0.178. The van der Waals surface area contributed by atoms with Crippen molar-refractivity contribution >= 4 is 17.5 Å². The van der Waals surface area contributed by atoms with E-state index in [1.165, 1.54) is 0 Å². The second kappa shape index (κ2) is 9.34. The number of amides is 2. The van der Waals surface area contributed by atoms with Gasteiger partial charge in [0.1, 0.15) is 11.5 Å². The van der Waals surface area contributed by atoms with Gasteiger partial charge in [0.25, 0.3) is 11.8 Å². The number of benzene rings is 3. The molecule has 1 aliphatic rings. The SMILES string of the molecule is COc1ccc(CCN2Cc3cc(NC(=O)c4ccccc4)ccc3OCC2=O)cc1. The van der Waals surface area contributed by atoms with Crippen LogP contribution in [0.4, 0.5) is 5.69 Å². The maximum Gasteiger partial charge on any atom is 0.260 e. The zero-order valence-corrected chi connectivity index (χ0v) is 17.3. The molecule has 0 aromatic heterocycles. The van der Waals surface area contributed by atoms with Crippen molar-refractivity contribution in [3.8, 4) is 11.5 Å². The Balaban J connectivity index is 1.45. The second-order valence-electron chi connectivity index (χ2n) is 7.34. The molecule has 0 radical (unpaired) electrons. The number of hydrogen-bond acceptors (Lipinski definition) is 4. The van der Waals surface area contributed by atoms with Gasteiger partial charge in [0.15, 0.2) is 6.61 Å². The van der Waals surface area contributed by atoms with Crippen molar-refractivity contribution in [2.24, 2.45) is 0 Å². The normalized spacial score (nSPS) is 13.1. The molecule has 4 rings (SSSR count). The Morgan fingerprint density at radius 1 is 1.06 bits per heavy atom. The largest absolute Gasteiger partial charge is 0.497 e. The van der Waals surface area contributed by atoms with Gasteiger partial charge in [-0.05, 0) is 54.4 Å². The van der Waals surface area contributed by atoms with Crippen LogP contribution in [-0.2, 0) is 17.8 Å². The molecule has 1 heterocycles. The average molecular weight is 416 g/mol. The molecule has 0 unspecified atom stereocenters. The first kappa shape index (κ1) is 20.5. The monoisotopic (exact) mass is 416 g/mol. The fraction of sp³-hybridized carbons (Fsp3) is 0.200. The van der Waals surface area contributed by atoms with Crippen LogP contribution in [0.3, 0.4) is 0 Å². The highest BCUT2D eigenvalue weighted by molar-refractivity contribution is 6.04. The quantitative estimate of drug-likeness (QED) is 0.662. The summed E-state index contributed by atoms with van der Waals surface area (Å²) in [6.45, 7) is 1.01. The molecule has 0 atom stereocenters. The van der Waals surface area contributed by atoms with Gasteiger partial charge in [-0.3, -0.25) is 9.59 Å². The predicted octanol–water partition coefficient (Wildman–Crippen LogP) is 3.91. The van der Waals surface area contributed by atoms with Crippen molar-refractivity contribution in [2.75, 3.05) is 25.6 Å². The van der Waals surface area contributed by atoms with E-state index in [1.807, 2.05) is 48.5 Å². The second-order valence-corrected chi connectivity index (χ2v) is 7.34. The van der Waals surface area contributed by atoms with E-state index in [4.69, 9.17) is 9.47 Å². The summed E-state index contributed by atoms with van der Waals surface area (Å²) < 4.78 is 10.9. The van der Waals surface area contributed by atoms with Gasteiger partial charge in [-0.25, -0.2) is 0 Å². The lowest BCUT2D eigenvalue weighted by molar-refractivity contribution is -0.133. The third-order valence-electron chi connectivity index (χ3n) is 5.25. The lowest BCUT2D eigenvalue weighted by Gasteiger charge is -2.20. The molecule has 0 spiro atoms. The number of nitrogens with one attached hydrogen (secondary N) is 1. The first-order chi connectivity index (χ1) is 15.1. The van der Waals surface area contributed by atoms with Crippen LogP contribution in [0.5, 0.6) is 11.5 Å². The van der Waals surface area contributed by atoms with Gasteiger partial charge in [-0.15, -0.1) is 0 Å². The van der Waals surface area contributed by atoms with Gasteiger partial charge < -0.3 is 19.7 Å². The highest BCUT2D eigenvalue weighted by Crippen LogP contribution is 2.27. The molecule has 0 bridgehead atoms. The Morgan fingerprint density at radius 3 is 2.58 bits per heavy atom. The molecule has 158 valence electrons. The maximum atomic E-state index is 12.6. The molecule has 6 heteroatoms. The van der Waals surface area contributed by atoms with Crippen LogP contribution in [0.2, 0.25) is 0 Å². The Morgan fingerprint density at radius 2 is 1.84 bits per heavy atom. The summed E-state index contributed by atoms with van der Waals surface area (Å²) in [6, 6.07) is 22.3. The molecule has 2 amide bonds. The van der Waals surface area contributed by atoms with E-state index < -0.39 is 0 Å². The zero-order valence-electron chi connectivity index (χ0n) is 17.3. The molecule has 0 fully saturated rings. The van der Waals surface area contributed by atoms with Gasteiger partial charge in [0.2, 0.25) is 0 Å². The zero-order chi connectivity index (χ0) is 21.6. The molecular formula is C25H24N2O4.